The number of hydrogen-bond donors (Lipinski definition) is 4. The van der Waals surface area contributed by atoms with E-state index < -0.39 is 36.4 Å². The molecule has 204 valence electrons. The van der Waals surface area contributed by atoms with Crippen LogP contribution in [-0.4, -0.2) is 63.8 Å². The normalized spacial score (nSPS) is 28.7. The molecule has 1 fully saturated rings. The Kier molecular flexibility index (Phi) is 8.76. The lowest BCUT2D eigenvalue weighted by Gasteiger charge is -2.35. The fraction of sp³-hybridized carbons (Fsp3) is 0.500. The SMILES string of the molecule is CC(C)[C@@H]1NC(O)C/C=C/c2ccc3ccc(cc3n2)[C@@H](C)OC(=O)[C@@H]2CCCN(N2)C(=O)[C@H](C)NC1=O. The average molecular weight is 524 g/mol. The molecule has 0 saturated carbocycles. The topological polar surface area (TPSA) is 133 Å². The number of rotatable bonds is 1. The van der Waals surface area contributed by atoms with Crippen molar-refractivity contribution in [3.63, 3.8) is 0 Å². The number of aliphatic hydroxyl groups excluding tert-OH is 1. The third kappa shape index (κ3) is 6.56. The highest BCUT2D eigenvalue weighted by molar-refractivity contribution is 5.90. The van der Waals surface area contributed by atoms with Gasteiger partial charge in [-0.15, -0.1) is 0 Å². The molecule has 0 aliphatic carbocycles. The number of fused-ring (bicyclic) bond motifs is 4. The van der Waals surface area contributed by atoms with Crippen molar-refractivity contribution in [1.82, 2.24) is 26.1 Å². The number of pyridine rings is 1. The zero-order valence-electron chi connectivity index (χ0n) is 22.3. The Morgan fingerprint density at radius 3 is 2.66 bits per heavy atom. The van der Waals surface area contributed by atoms with Crippen molar-refractivity contribution >= 4 is 34.8 Å². The maximum Gasteiger partial charge on any atom is 0.325 e. The van der Waals surface area contributed by atoms with Crippen molar-refractivity contribution in [2.75, 3.05) is 6.54 Å². The number of aromatic nitrogens is 1. The number of cyclic esters (lactones) is 1. The van der Waals surface area contributed by atoms with E-state index in [0.29, 0.717) is 19.4 Å². The van der Waals surface area contributed by atoms with Crippen LogP contribution in [0.15, 0.2) is 36.4 Å². The molecule has 2 amide bonds. The number of carbonyl (C=O) groups is 3. The zero-order chi connectivity index (χ0) is 27.4. The largest absolute Gasteiger partial charge is 0.457 e. The summed E-state index contributed by atoms with van der Waals surface area (Å²) in [5.74, 6) is -1.32. The number of nitrogens with one attached hydrogen (secondary N) is 3. The number of carbonyl (C=O) groups excluding carboxylic acids is 3. The minimum absolute atomic E-state index is 0.136. The van der Waals surface area contributed by atoms with Crippen molar-refractivity contribution < 1.29 is 24.2 Å². The molecule has 4 N–H and O–H groups in total. The van der Waals surface area contributed by atoms with Gasteiger partial charge in [0.05, 0.1) is 17.3 Å². The highest BCUT2D eigenvalue weighted by atomic mass is 16.5. The summed E-state index contributed by atoms with van der Waals surface area (Å²) in [6.45, 7) is 7.55. The monoisotopic (exact) mass is 523 g/mol. The van der Waals surface area contributed by atoms with Gasteiger partial charge in [0.15, 0.2) is 0 Å². The third-order valence-corrected chi connectivity index (χ3v) is 6.94. The third-order valence-electron chi connectivity index (χ3n) is 6.94. The van der Waals surface area contributed by atoms with Gasteiger partial charge in [-0.3, -0.25) is 24.7 Å². The van der Waals surface area contributed by atoms with E-state index in [2.05, 4.69) is 16.1 Å². The molecule has 2 aromatic rings. The number of ether oxygens (including phenoxy) is 1. The van der Waals surface area contributed by atoms with Crippen molar-refractivity contribution in [2.24, 2.45) is 5.92 Å². The summed E-state index contributed by atoms with van der Waals surface area (Å²) >= 11 is 0. The molecule has 3 heterocycles. The molecule has 1 unspecified atom stereocenters. The fourth-order valence-electron chi connectivity index (χ4n) is 4.70. The Bertz CT molecular complexity index is 1220. The first kappa shape index (κ1) is 27.7. The highest BCUT2D eigenvalue weighted by Crippen LogP contribution is 2.24. The van der Waals surface area contributed by atoms with Gasteiger partial charge < -0.3 is 15.2 Å². The molecule has 4 rings (SSSR count). The number of nitrogens with zero attached hydrogens (tertiary/aromatic N) is 2. The summed E-state index contributed by atoms with van der Waals surface area (Å²) in [5, 5.41) is 18.6. The molecule has 5 atom stereocenters. The van der Waals surface area contributed by atoms with Crippen LogP contribution in [-0.2, 0) is 19.1 Å². The van der Waals surface area contributed by atoms with Gasteiger partial charge >= 0.3 is 5.97 Å². The molecule has 0 radical (unpaired) electrons. The lowest BCUT2D eigenvalue weighted by Crippen LogP contribution is -2.61. The van der Waals surface area contributed by atoms with Gasteiger partial charge in [0, 0.05) is 18.4 Å². The summed E-state index contributed by atoms with van der Waals surface area (Å²) in [6, 6.07) is 7.39. The molecule has 10 heteroatoms. The molecule has 2 aliphatic heterocycles. The van der Waals surface area contributed by atoms with Crippen molar-refractivity contribution in [1.29, 1.82) is 0 Å². The summed E-state index contributed by atoms with van der Waals surface area (Å²) in [4.78, 5) is 43.8. The second-order valence-electron chi connectivity index (χ2n) is 10.4. The van der Waals surface area contributed by atoms with E-state index in [0.717, 1.165) is 22.2 Å². The quantitative estimate of drug-likeness (QED) is 0.418. The Hall–Kier alpha value is -3.34. The fourth-order valence-corrected chi connectivity index (χ4v) is 4.70. The Balaban J connectivity index is 1.64. The number of hydrogen-bond acceptors (Lipinski definition) is 8. The van der Waals surface area contributed by atoms with E-state index in [1.54, 1.807) is 19.9 Å². The van der Waals surface area contributed by atoms with Crippen molar-refractivity contribution in [3.05, 3.63) is 47.7 Å². The first-order chi connectivity index (χ1) is 18.1. The summed E-state index contributed by atoms with van der Waals surface area (Å²) < 4.78 is 5.76. The smallest absolute Gasteiger partial charge is 0.325 e. The Morgan fingerprint density at radius 2 is 1.89 bits per heavy atom. The van der Waals surface area contributed by atoms with E-state index in [9.17, 15) is 19.5 Å². The van der Waals surface area contributed by atoms with Crippen LogP contribution in [0, 0.1) is 5.92 Å². The lowest BCUT2D eigenvalue weighted by molar-refractivity contribution is -0.157. The minimum atomic E-state index is -0.967. The van der Waals surface area contributed by atoms with E-state index in [1.807, 2.05) is 50.3 Å². The van der Waals surface area contributed by atoms with Crippen molar-refractivity contribution in [2.45, 2.75) is 77.4 Å². The van der Waals surface area contributed by atoms with Gasteiger partial charge in [-0.05, 0) is 56.4 Å². The molecule has 10 nitrogen and oxygen atoms in total. The second kappa shape index (κ2) is 12.0. The van der Waals surface area contributed by atoms with Crippen LogP contribution in [0.2, 0.25) is 0 Å². The first-order valence-corrected chi connectivity index (χ1v) is 13.2. The Labute approximate surface area is 222 Å². The molecule has 1 saturated heterocycles. The molecular formula is C28H37N5O5. The summed E-state index contributed by atoms with van der Waals surface area (Å²) in [6.07, 6.45) is 3.54. The number of hydrazine groups is 1. The van der Waals surface area contributed by atoms with Crippen LogP contribution in [0.25, 0.3) is 17.0 Å². The minimum Gasteiger partial charge on any atom is -0.457 e. The van der Waals surface area contributed by atoms with Gasteiger partial charge in [-0.1, -0.05) is 38.1 Å². The summed E-state index contributed by atoms with van der Waals surface area (Å²) in [7, 11) is 0. The molecular weight excluding hydrogens is 486 g/mol. The Morgan fingerprint density at radius 1 is 1.13 bits per heavy atom. The second-order valence-corrected chi connectivity index (χ2v) is 10.4. The molecule has 5 bridgehead atoms. The van der Waals surface area contributed by atoms with Crippen LogP contribution in [0.4, 0.5) is 0 Å². The maximum atomic E-state index is 13.1. The molecule has 2 aliphatic rings. The maximum absolute atomic E-state index is 13.1. The molecule has 1 aromatic heterocycles. The van der Waals surface area contributed by atoms with E-state index in [-0.39, 0.29) is 24.2 Å². The predicted octanol–water partition coefficient (Wildman–Crippen LogP) is 2.19. The van der Waals surface area contributed by atoms with Gasteiger partial charge in [0.2, 0.25) is 5.91 Å². The summed E-state index contributed by atoms with van der Waals surface area (Å²) in [5.41, 5.74) is 5.27. The predicted molar refractivity (Wildman–Crippen MR) is 143 cm³/mol. The zero-order valence-corrected chi connectivity index (χ0v) is 22.3. The van der Waals surface area contributed by atoms with Crippen LogP contribution < -0.4 is 16.1 Å². The highest BCUT2D eigenvalue weighted by Gasteiger charge is 2.33. The van der Waals surface area contributed by atoms with Crippen LogP contribution in [0.1, 0.15) is 64.3 Å². The van der Waals surface area contributed by atoms with Gasteiger partial charge in [0.1, 0.15) is 24.4 Å². The number of benzene rings is 1. The van der Waals surface area contributed by atoms with E-state index in [4.69, 9.17) is 9.72 Å². The first-order valence-electron chi connectivity index (χ1n) is 13.2. The van der Waals surface area contributed by atoms with E-state index in [1.165, 1.54) is 5.01 Å². The molecule has 38 heavy (non-hydrogen) atoms. The molecule has 0 spiro atoms. The molecule has 1 aromatic carbocycles. The van der Waals surface area contributed by atoms with Gasteiger partial charge in [0.25, 0.3) is 5.91 Å². The number of esters is 1. The van der Waals surface area contributed by atoms with Crippen LogP contribution in [0.3, 0.4) is 0 Å². The van der Waals surface area contributed by atoms with Crippen LogP contribution in [0.5, 0.6) is 0 Å². The van der Waals surface area contributed by atoms with Crippen LogP contribution >= 0.6 is 0 Å². The van der Waals surface area contributed by atoms with E-state index >= 15 is 0 Å². The average Bonchev–Trinajstić information content (AvgIpc) is 2.90. The standard InChI is InChI=1S/C28H37N5O5/c1-16(2)25-26(35)29-17(3)27(36)33-14-6-8-22(32-33)28(37)38-18(4)20-11-10-19-12-13-21(30-23(19)15-20)7-5-9-24(34)31-25/h5,7,10-13,15-18,22,24-25,31-32,34H,6,8-9,14H2,1-4H3,(H,29,35)/b7-5+/t17-,18+,22-,24?,25-/m0/s1. The van der Waals surface area contributed by atoms with Gasteiger partial charge in [-0.25, -0.2) is 10.4 Å². The number of amides is 2. The lowest BCUT2D eigenvalue weighted by atomic mass is 10.0. The number of aliphatic hydroxyl groups is 1. The van der Waals surface area contributed by atoms with Gasteiger partial charge in [-0.2, -0.15) is 0 Å². The van der Waals surface area contributed by atoms with Crippen molar-refractivity contribution in [3.8, 4) is 0 Å².